The molecule has 5 heteroatoms. The van der Waals surface area contributed by atoms with Crippen LogP contribution < -0.4 is 0 Å². The van der Waals surface area contributed by atoms with Gasteiger partial charge in [0.1, 0.15) is 11.8 Å². The van der Waals surface area contributed by atoms with Gasteiger partial charge in [-0.15, -0.1) is 0 Å². The molecule has 1 N–H and O–H groups in total. The lowest BCUT2D eigenvalue weighted by Crippen LogP contribution is -1.92. The monoisotopic (exact) mass is 296 g/mol. The smallest absolute Gasteiger partial charge is 0.156 e. The summed E-state index contributed by atoms with van der Waals surface area (Å²) in [6.07, 6.45) is 3.38. The second kappa shape index (κ2) is 3.75. The molecule has 0 spiro atoms. The lowest BCUT2D eigenvalue weighted by molar-refractivity contribution is 1.19. The lowest BCUT2D eigenvalue weighted by atomic mass is 10.3. The fourth-order valence-electron chi connectivity index (χ4n) is 1.06. The quantitative estimate of drug-likeness (QED) is 0.818. The molecule has 0 aliphatic carbocycles. The summed E-state index contributed by atoms with van der Waals surface area (Å²) in [5.74, 6) is 0.679. The van der Waals surface area contributed by atoms with Crippen molar-refractivity contribution in [3.05, 3.63) is 33.8 Å². The van der Waals surface area contributed by atoms with Crippen LogP contribution in [-0.2, 0) is 0 Å². The number of nitrogens with one attached hydrogen (secondary N) is 1. The number of nitrogens with zero attached hydrogens (tertiary/aromatic N) is 3. The Labute approximate surface area is 94.2 Å². The molecule has 0 fully saturated rings. The standard InChI is InChI=1S/C9H5IN4/c10-6-1-2-7(14-8(6)5-11)9-12-3-4-13-9/h1-4H,(H,12,13). The maximum Gasteiger partial charge on any atom is 0.156 e. The first kappa shape index (κ1) is 9.15. The average Bonchev–Trinajstić information content (AvgIpc) is 2.71. The fraction of sp³-hybridized carbons (Fsp3) is 0. The van der Waals surface area contributed by atoms with Crippen LogP contribution in [0.1, 0.15) is 5.69 Å². The molecular formula is C9H5IN4. The van der Waals surface area contributed by atoms with Gasteiger partial charge in [0.2, 0.25) is 0 Å². The van der Waals surface area contributed by atoms with Gasteiger partial charge in [0.25, 0.3) is 0 Å². The average molecular weight is 296 g/mol. The summed E-state index contributed by atoms with van der Waals surface area (Å²) in [5, 5.41) is 8.79. The van der Waals surface area contributed by atoms with E-state index in [4.69, 9.17) is 5.26 Å². The van der Waals surface area contributed by atoms with Gasteiger partial charge < -0.3 is 4.98 Å². The Balaban J connectivity index is 2.53. The van der Waals surface area contributed by atoms with E-state index in [1.165, 1.54) is 0 Å². The van der Waals surface area contributed by atoms with Gasteiger partial charge in [-0.2, -0.15) is 5.26 Å². The largest absolute Gasteiger partial charge is 0.343 e. The van der Waals surface area contributed by atoms with Crippen LogP contribution in [0.3, 0.4) is 0 Å². The molecule has 2 aromatic rings. The normalized spacial score (nSPS) is 9.71. The van der Waals surface area contributed by atoms with Crippen molar-refractivity contribution in [3.63, 3.8) is 0 Å². The van der Waals surface area contributed by atoms with Gasteiger partial charge in [-0.05, 0) is 34.7 Å². The lowest BCUT2D eigenvalue weighted by Gasteiger charge is -1.98. The number of nitriles is 1. The zero-order valence-electron chi connectivity index (χ0n) is 7.03. The van der Waals surface area contributed by atoms with E-state index in [0.29, 0.717) is 17.2 Å². The summed E-state index contributed by atoms with van der Waals surface area (Å²) in [4.78, 5) is 11.2. The molecule has 0 aliphatic rings. The Kier molecular flexibility index (Phi) is 2.45. The third kappa shape index (κ3) is 1.61. The number of rotatable bonds is 1. The van der Waals surface area contributed by atoms with E-state index in [1.54, 1.807) is 12.4 Å². The number of halogens is 1. The van der Waals surface area contributed by atoms with Crippen molar-refractivity contribution >= 4 is 22.6 Å². The highest BCUT2D eigenvalue weighted by molar-refractivity contribution is 14.1. The molecule has 0 unspecified atom stereocenters. The predicted octanol–water partition coefficient (Wildman–Crippen LogP) is 1.95. The van der Waals surface area contributed by atoms with Crippen LogP contribution in [0, 0.1) is 14.9 Å². The van der Waals surface area contributed by atoms with E-state index in [-0.39, 0.29) is 0 Å². The Morgan fingerprint density at radius 1 is 1.43 bits per heavy atom. The number of aromatic nitrogens is 3. The first-order valence-corrected chi connectivity index (χ1v) is 4.95. The van der Waals surface area contributed by atoms with Crippen LogP contribution >= 0.6 is 22.6 Å². The molecule has 4 nitrogen and oxygen atoms in total. The van der Waals surface area contributed by atoms with Crippen molar-refractivity contribution in [3.8, 4) is 17.6 Å². The van der Waals surface area contributed by atoms with Gasteiger partial charge in [0.05, 0.1) is 0 Å². The fourth-order valence-corrected chi connectivity index (χ4v) is 1.48. The molecule has 0 amide bonds. The molecule has 0 saturated carbocycles. The van der Waals surface area contributed by atoms with Crippen LogP contribution in [0.25, 0.3) is 11.5 Å². The Morgan fingerprint density at radius 2 is 2.29 bits per heavy atom. The maximum atomic E-state index is 8.79. The number of hydrogen-bond donors (Lipinski definition) is 1. The molecule has 0 atom stereocenters. The highest BCUT2D eigenvalue weighted by Gasteiger charge is 2.05. The Bertz CT molecular complexity index is 484. The maximum absolute atomic E-state index is 8.79. The van der Waals surface area contributed by atoms with Gasteiger partial charge >= 0.3 is 0 Å². The zero-order chi connectivity index (χ0) is 9.97. The number of H-pyrrole nitrogens is 1. The molecule has 68 valence electrons. The first-order valence-electron chi connectivity index (χ1n) is 3.87. The number of hydrogen-bond acceptors (Lipinski definition) is 3. The van der Waals surface area contributed by atoms with Gasteiger partial charge in [-0.1, -0.05) is 0 Å². The van der Waals surface area contributed by atoms with Crippen LogP contribution in [0.15, 0.2) is 24.5 Å². The molecule has 0 radical (unpaired) electrons. The third-order valence-corrected chi connectivity index (χ3v) is 2.56. The summed E-state index contributed by atoms with van der Waals surface area (Å²) < 4.78 is 0.848. The second-order valence-electron chi connectivity index (χ2n) is 2.58. The van der Waals surface area contributed by atoms with Gasteiger partial charge in [0.15, 0.2) is 11.5 Å². The summed E-state index contributed by atoms with van der Waals surface area (Å²) in [5.41, 5.74) is 1.12. The Hall–Kier alpha value is -1.42. The summed E-state index contributed by atoms with van der Waals surface area (Å²) in [7, 11) is 0. The van der Waals surface area contributed by atoms with Crippen LogP contribution in [0.4, 0.5) is 0 Å². The summed E-state index contributed by atoms with van der Waals surface area (Å²) in [6, 6.07) is 5.72. The minimum atomic E-state index is 0.430. The Morgan fingerprint density at radius 3 is 2.93 bits per heavy atom. The van der Waals surface area contributed by atoms with Crippen molar-refractivity contribution in [1.29, 1.82) is 5.26 Å². The molecule has 14 heavy (non-hydrogen) atoms. The van der Waals surface area contributed by atoms with Crippen molar-refractivity contribution < 1.29 is 0 Å². The van der Waals surface area contributed by atoms with Crippen molar-refractivity contribution in [2.24, 2.45) is 0 Å². The second-order valence-corrected chi connectivity index (χ2v) is 3.74. The first-order chi connectivity index (χ1) is 6.81. The minimum Gasteiger partial charge on any atom is -0.343 e. The number of imidazole rings is 1. The molecule has 0 aliphatic heterocycles. The van der Waals surface area contributed by atoms with E-state index >= 15 is 0 Å². The number of aromatic amines is 1. The van der Waals surface area contributed by atoms with Gasteiger partial charge in [-0.3, -0.25) is 0 Å². The molecule has 2 aromatic heterocycles. The number of pyridine rings is 1. The molecule has 2 heterocycles. The zero-order valence-corrected chi connectivity index (χ0v) is 9.19. The van der Waals surface area contributed by atoms with Crippen LogP contribution in [-0.4, -0.2) is 15.0 Å². The predicted molar refractivity (Wildman–Crippen MR) is 59.3 cm³/mol. The van der Waals surface area contributed by atoms with E-state index in [0.717, 1.165) is 3.57 Å². The van der Waals surface area contributed by atoms with Crippen LogP contribution in [0.5, 0.6) is 0 Å². The third-order valence-electron chi connectivity index (χ3n) is 1.69. The molecule has 0 aromatic carbocycles. The SMILES string of the molecule is N#Cc1nc(-c2ncc[nH]2)ccc1I. The summed E-state index contributed by atoms with van der Waals surface area (Å²) in [6.45, 7) is 0. The highest BCUT2D eigenvalue weighted by atomic mass is 127. The highest BCUT2D eigenvalue weighted by Crippen LogP contribution is 2.15. The van der Waals surface area contributed by atoms with Gasteiger partial charge in [0, 0.05) is 16.0 Å². The van der Waals surface area contributed by atoms with Crippen molar-refractivity contribution in [1.82, 2.24) is 15.0 Å². The topological polar surface area (TPSA) is 65.4 Å². The van der Waals surface area contributed by atoms with E-state index in [9.17, 15) is 0 Å². The molecule has 0 saturated heterocycles. The van der Waals surface area contributed by atoms with Gasteiger partial charge in [-0.25, -0.2) is 9.97 Å². The van der Waals surface area contributed by atoms with Crippen molar-refractivity contribution in [2.75, 3.05) is 0 Å². The van der Waals surface area contributed by atoms with Crippen LogP contribution in [0.2, 0.25) is 0 Å². The minimum absolute atomic E-state index is 0.430. The van der Waals surface area contributed by atoms with E-state index < -0.39 is 0 Å². The molecule has 2 rings (SSSR count). The molecular weight excluding hydrogens is 291 g/mol. The summed E-state index contributed by atoms with van der Waals surface area (Å²) >= 11 is 2.08. The van der Waals surface area contributed by atoms with E-state index in [2.05, 4.69) is 37.5 Å². The van der Waals surface area contributed by atoms with Crippen molar-refractivity contribution in [2.45, 2.75) is 0 Å². The molecule has 0 bridgehead atoms. The van der Waals surface area contributed by atoms with E-state index in [1.807, 2.05) is 18.2 Å².